The lowest BCUT2D eigenvalue weighted by molar-refractivity contribution is 0.392. The van der Waals surface area contributed by atoms with Crippen LogP contribution in [0.5, 0.6) is 0 Å². The zero-order valence-electron chi connectivity index (χ0n) is 9.70. The van der Waals surface area contributed by atoms with Crippen LogP contribution in [0.15, 0.2) is 9.90 Å². The van der Waals surface area contributed by atoms with Crippen LogP contribution in [0.3, 0.4) is 0 Å². The average Bonchev–Trinajstić information content (AvgIpc) is 2.85. The van der Waals surface area contributed by atoms with E-state index in [0.29, 0.717) is 0 Å². The van der Waals surface area contributed by atoms with Gasteiger partial charge in [-0.2, -0.15) is 0 Å². The third-order valence-corrected chi connectivity index (χ3v) is 3.36. The number of rotatable bonds is 4. The minimum Gasteiger partial charge on any atom is -0.361 e. The zero-order chi connectivity index (χ0) is 11.5. The average molecular weight is 237 g/mol. The van der Waals surface area contributed by atoms with Gasteiger partial charge in [-0.3, -0.25) is 0 Å². The number of anilines is 1. The van der Waals surface area contributed by atoms with Crippen LogP contribution in [0.2, 0.25) is 0 Å². The van der Waals surface area contributed by atoms with Gasteiger partial charge in [-0.25, -0.2) is 4.98 Å². The van der Waals surface area contributed by atoms with Crippen molar-refractivity contribution in [3.05, 3.63) is 28.1 Å². The van der Waals surface area contributed by atoms with Crippen molar-refractivity contribution < 1.29 is 4.52 Å². The second-order valence-corrected chi connectivity index (χ2v) is 4.51. The molecule has 1 N–H and O–H groups in total. The monoisotopic (exact) mass is 237 g/mol. The van der Waals surface area contributed by atoms with E-state index in [9.17, 15) is 0 Å². The summed E-state index contributed by atoms with van der Waals surface area (Å²) in [4.78, 5) is 4.44. The fourth-order valence-electron chi connectivity index (χ4n) is 1.47. The predicted octanol–water partition coefficient (Wildman–Crippen LogP) is 2.92. The molecule has 5 heteroatoms. The summed E-state index contributed by atoms with van der Waals surface area (Å²) >= 11 is 1.63. The van der Waals surface area contributed by atoms with Gasteiger partial charge in [0.25, 0.3) is 0 Å². The van der Waals surface area contributed by atoms with Gasteiger partial charge < -0.3 is 9.84 Å². The number of hydrogen-bond donors (Lipinski definition) is 1. The van der Waals surface area contributed by atoms with E-state index in [1.54, 1.807) is 11.3 Å². The quantitative estimate of drug-likeness (QED) is 0.888. The minimum atomic E-state index is 0.720. The molecule has 16 heavy (non-hydrogen) atoms. The van der Waals surface area contributed by atoms with Gasteiger partial charge in [0.05, 0.1) is 11.4 Å². The molecule has 0 bridgehead atoms. The second kappa shape index (κ2) is 4.65. The molecule has 2 aromatic rings. The first kappa shape index (κ1) is 11.1. The number of nitrogens with one attached hydrogen (secondary N) is 1. The van der Waals surface area contributed by atoms with Crippen molar-refractivity contribution in [3.8, 4) is 0 Å². The molecule has 0 fully saturated rings. The Morgan fingerprint density at radius 1 is 1.44 bits per heavy atom. The first-order chi connectivity index (χ1) is 7.70. The predicted molar refractivity (Wildman–Crippen MR) is 64.8 cm³/mol. The maximum absolute atomic E-state index is 5.10. The Morgan fingerprint density at radius 3 is 2.81 bits per heavy atom. The molecule has 2 aromatic heterocycles. The molecule has 0 aliphatic carbocycles. The summed E-state index contributed by atoms with van der Waals surface area (Å²) < 4.78 is 5.10. The first-order valence-corrected chi connectivity index (χ1v) is 6.18. The zero-order valence-corrected chi connectivity index (χ0v) is 10.5. The summed E-state index contributed by atoms with van der Waals surface area (Å²) in [7, 11) is 0. The highest BCUT2D eigenvalue weighted by molar-refractivity contribution is 7.13. The van der Waals surface area contributed by atoms with Gasteiger partial charge in [0.1, 0.15) is 5.76 Å². The smallest absolute Gasteiger partial charge is 0.183 e. The normalized spacial score (nSPS) is 10.7. The Hall–Kier alpha value is -1.36. The Labute approximate surface area is 98.7 Å². The van der Waals surface area contributed by atoms with Crippen LogP contribution < -0.4 is 5.32 Å². The molecule has 4 nitrogen and oxygen atoms in total. The summed E-state index contributed by atoms with van der Waals surface area (Å²) in [6.07, 6.45) is 0.976. The highest BCUT2D eigenvalue weighted by atomic mass is 32.1. The second-order valence-electron chi connectivity index (χ2n) is 3.65. The van der Waals surface area contributed by atoms with Gasteiger partial charge >= 0.3 is 0 Å². The number of hydrogen-bond acceptors (Lipinski definition) is 5. The number of nitrogens with zero attached hydrogens (tertiary/aromatic N) is 2. The lowest BCUT2D eigenvalue weighted by atomic mass is 10.2. The van der Waals surface area contributed by atoms with Crippen molar-refractivity contribution in [3.63, 3.8) is 0 Å². The largest absolute Gasteiger partial charge is 0.361 e. The van der Waals surface area contributed by atoms with E-state index in [0.717, 1.165) is 40.8 Å². The first-order valence-electron chi connectivity index (χ1n) is 5.30. The molecular formula is C11H15N3OS. The SMILES string of the molecule is CCc1csc(NCc2c(C)noc2C)n1. The van der Waals surface area contributed by atoms with Gasteiger partial charge in [-0.1, -0.05) is 12.1 Å². The number of aryl methyl sites for hydroxylation is 3. The van der Waals surface area contributed by atoms with E-state index in [4.69, 9.17) is 4.52 Å². The molecule has 0 aromatic carbocycles. The van der Waals surface area contributed by atoms with Gasteiger partial charge in [-0.15, -0.1) is 11.3 Å². The molecule has 0 saturated carbocycles. The van der Waals surface area contributed by atoms with E-state index in [2.05, 4.69) is 27.8 Å². The molecule has 0 unspecified atom stereocenters. The van der Waals surface area contributed by atoms with Gasteiger partial charge in [0, 0.05) is 17.5 Å². The summed E-state index contributed by atoms with van der Waals surface area (Å²) in [5.41, 5.74) is 3.19. The van der Waals surface area contributed by atoms with Crippen LogP contribution in [-0.2, 0) is 13.0 Å². The van der Waals surface area contributed by atoms with Crippen molar-refractivity contribution >= 4 is 16.5 Å². The maximum Gasteiger partial charge on any atom is 0.183 e. The van der Waals surface area contributed by atoms with E-state index >= 15 is 0 Å². The summed E-state index contributed by atoms with van der Waals surface area (Å²) in [6, 6.07) is 0. The van der Waals surface area contributed by atoms with Gasteiger partial charge in [-0.05, 0) is 20.3 Å². The van der Waals surface area contributed by atoms with Crippen LogP contribution in [-0.4, -0.2) is 10.1 Å². The van der Waals surface area contributed by atoms with Crippen LogP contribution in [0.1, 0.15) is 29.6 Å². The molecule has 86 valence electrons. The van der Waals surface area contributed by atoms with Gasteiger partial charge in [0.2, 0.25) is 0 Å². The third kappa shape index (κ3) is 2.24. The van der Waals surface area contributed by atoms with Crippen molar-refractivity contribution in [1.29, 1.82) is 0 Å². The van der Waals surface area contributed by atoms with Crippen LogP contribution >= 0.6 is 11.3 Å². The van der Waals surface area contributed by atoms with Crippen molar-refractivity contribution in [2.45, 2.75) is 33.7 Å². The molecule has 0 radical (unpaired) electrons. The van der Waals surface area contributed by atoms with Crippen LogP contribution in [0, 0.1) is 13.8 Å². The Bertz CT molecular complexity index is 456. The van der Waals surface area contributed by atoms with Gasteiger partial charge in [0.15, 0.2) is 5.13 Å². The topological polar surface area (TPSA) is 51.0 Å². The molecule has 0 saturated heterocycles. The van der Waals surface area contributed by atoms with Crippen molar-refractivity contribution in [2.75, 3.05) is 5.32 Å². The molecule has 0 aliphatic heterocycles. The summed E-state index contributed by atoms with van der Waals surface area (Å²) in [5, 5.41) is 10.2. The Balaban J connectivity index is 2.02. The highest BCUT2D eigenvalue weighted by Gasteiger charge is 2.09. The molecule has 0 aliphatic rings. The lowest BCUT2D eigenvalue weighted by Gasteiger charge is -2.01. The summed E-state index contributed by atoms with van der Waals surface area (Å²) in [6.45, 7) is 6.70. The number of thiazole rings is 1. The minimum absolute atomic E-state index is 0.720. The lowest BCUT2D eigenvalue weighted by Crippen LogP contribution is -2.01. The standard InChI is InChI=1S/C11H15N3OS/c1-4-9-6-16-11(13-9)12-5-10-7(2)14-15-8(10)3/h6H,4-5H2,1-3H3,(H,12,13). The van der Waals surface area contributed by atoms with Crippen LogP contribution in [0.4, 0.5) is 5.13 Å². The summed E-state index contributed by atoms with van der Waals surface area (Å²) in [5.74, 6) is 0.872. The van der Waals surface area contributed by atoms with Crippen molar-refractivity contribution in [1.82, 2.24) is 10.1 Å². The Morgan fingerprint density at radius 2 is 2.25 bits per heavy atom. The molecule has 0 spiro atoms. The molecule has 2 rings (SSSR count). The number of aromatic nitrogens is 2. The fourth-order valence-corrected chi connectivity index (χ4v) is 2.26. The molecule has 0 atom stereocenters. The fraction of sp³-hybridized carbons (Fsp3) is 0.455. The van der Waals surface area contributed by atoms with E-state index < -0.39 is 0 Å². The van der Waals surface area contributed by atoms with E-state index in [-0.39, 0.29) is 0 Å². The van der Waals surface area contributed by atoms with Crippen LogP contribution in [0.25, 0.3) is 0 Å². The third-order valence-electron chi connectivity index (χ3n) is 2.51. The Kier molecular flexibility index (Phi) is 3.24. The molecule has 2 heterocycles. The maximum atomic E-state index is 5.10. The highest BCUT2D eigenvalue weighted by Crippen LogP contribution is 2.18. The molecule has 0 amide bonds. The van der Waals surface area contributed by atoms with E-state index in [1.165, 1.54) is 0 Å². The van der Waals surface area contributed by atoms with Crippen molar-refractivity contribution in [2.24, 2.45) is 0 Å². The molecular weight excluding hydrogens is 222 g/mol. The van der Waals surface area contributed by atoms with E-state index in [1.807, 2.05) is 13.8 Å².